The number of nitrogens with zero attached hydrogens (tertiary/aromatic N) is 1. The van der Waals surface area contributed by atoms with Crippen molar-refractivity contribution < 1.29 is 4.79 Å². The Morgan fingerprint density at radius 3 is 2.40 bits per heavy atom. The maximum absolute atomic E-state index is 10.9. The molecule has 2 heteroatoms. The van der Waals surface area contributed by atoms with Crippen LogP contribution >= 0.6 is 0 Å². The molecule has 15 heavy (non-hydrogen) atoms. The summed E-state index contributed by atoms with van der Waals surface area (Å²) >= 11 is 0. The second kappa shape index (κ2) is 5.66. The molecule has 0 aromatic heterocycles. The van der Waals surface area contributed by atoms with Gasteiger partial charge in [0.05, 0.1) is 6.54 Å². The molecule has 0 saturated carbocycles. The maximum atomic E-state index is 10.9. The van der Waals surface area contributed by atoms with E-state index in [4.69, 9.17) is 0 Å². The molecule has 1 aromatic carbocycles. The van der Waals surface area contributed by atoms with Crippen molar-refractivity contribution in [2.75, 3.05) is 20.1 Å². The molecule has 0 aliphatic rings. The lowest BCUT2D eigenvalue weighted by Crippen LogP contribution is -2.26. The molecule has 0 saturated heterocycles. The second-order valence-corrected chi connectivity index (χ2v) is 4.18. The first-order valence-electron chi connectivity index (χ1n) is 5.31. The Hall–Kier alpha value is -1.15. The summed E-state index contributed by atoms with van der Waals surface area (Å²) in [4.78, 5) is 12.9. The number of ketones is 1. The fourth-order valence-corrected chi connectivity index (χ4v) is 1.53. The molecule has 0 amide bonds. The Balaban J connectivity index is 2.36. The Bertz CT molecular complexity index is 316. The molecule has 0 N–H and O–H groups in total. The van der Waals surface area contributed by atoms with E-state index in [1.165, 1.54) is 11.1 Å². The molecule has 82 valence electrons. The van der Waals surface area contributed by atoms with Gasteiger partial charge >= 0.3 is 0 Å². The predicted octanol–water partition coefficient (Wildman–Crippen LogP) is 2.06. The van der Waals surface area contributed by atoms with E-state index in [0.29, 0.717) is 6.54 Å². The highest BCUT2D eigenvalue weighted by atomic mass is 16.1. The lowest BCUT2D eigenvalue weighted by molar-refractivity contribution is -0.117. The van der Waals surface area contributed by atoms with E-state index < -0.39 is 0 Å². The van der Waals surface area contributed by atoms with Crippen LogP contribution in [0.3, 0.4) is 0 Å². The van der Waals surface area contributed by atoms with Crippen molar-refractivity contribution in [2.45, 2.75) is 20.3 Å². The molecular weight excluding hydrogens is 186 g/mol. The van der Waals surface area contributed by atoms with E-state index in [0.717, 1.165) is 13.0 Å². The minimum atomic E-state index is 0.224. The number of rotatable bonds is 5. The first kappa shape index (κ1) is 11.9. The third kappa shape index (κ3) is 4.75. The van der Waals surface area contributed by atoms with Crippen molar-refractivity contribution in [3.05, 3.63) is 35.4 Å². The molecule has 1 aromatic rings. The van der Waals surface area contributed by atoms with Crippen LogP contribution in [0.15, 0.2) is 24.3 Å². The van der Waals surface area contributed by atoms with Gasteiger partial charge in [0, 0.05) is 6.54 Å². The number of carbonyl (C=O) groups excluding carboxylic acids is 1. The topological polar surface area (TPSA) is 20.3 Å². The van der Waals surface area contributed by atoms with Gasteiger partial charge in [0.1, 0.15) is 5.78 Å². The van der Waals surface area contributed by atoms with Crippen molar-refractivity contribution >= 4 is 5.78 Å². The zero-order valence-electron chi connectivity index (χ0n) is 9.79. The summed E-state index contributed by atoms with van der Waals surface area (Å²) in [5.41, 5.74) is 2.62. The summed E-state index contributed by atoms with van der Waals surface area (Å²) in [7, 11) is 1.98. The molecule has 0 atom stereocenters. The highest BCUT2D eigenvalue weighted by molar-refractivity contribution is 5.77. The van der Waals surface area contributed by atoms with Crippen LogP contribution in [0.4, 0.5) is 0 Å². The largest absolute Gasteiger partial charge is 0.299 e. The Morgan fingerprint density at radius 2 is 1.87 bits per heavy atom. The second-order valence-electron chi connectivity index (χ2n) is 4.18. The molecule has 0 aliphatic carbocycles. The summed E-state index contributed by atoms with van der Waals surface area (Å²) in [5.74, 6) is 0.224. The number of aryl methyl sites for hydroxylation is 1. The number of hydrogen-bond acceptors (Lipinski definition) is 2. The monoisotopic (exact) mass is 205 g/mol. The maximum Gasteiger partial charge on any atom is 0.143 e. The third-order valence-corrected chi connectivity index (χ3v) is 2.40. The predicted molar refractivity (Wildman–Crippen MR) is 63.1 cm³/mol. The van der Waals surface area contributed by atoms with Gasteiger partial charge in [0.25, 0.3) is 0 Å². The normalized spacial score (nSPS) is 10.7. The number of likely N-dealkylation sites (N-methyl/N-ethyl adjacent to an activating group) is 1. The van der Waals surface area contributed by atoms with Crippen LogP contribution in [0.1, 0.15) is 18.1 Å². The first-order valence-corrected chi connectivity index (χ1v) is 5.31. The highest BCUT2D eigenvalue weighted by Gasteiger charge is 2.01. The summed E-state index contributed by atoms with van der Waals surface area (Å²) in [6.07, 6.45) is 1.00. The van der Waals surface area contributed by atoms with Crippen LogP contribution in [-0.2, 0) is 11.2 Å². The standard InChI is InChI=1S/C13H19NO/c1-11-4-6-13(7-5-11)8-9-14(3)10-12(2)15/h4-7H,8-10H2,1-3H3. The van der Waals surface area contributed by atoms with Gasteiger partial charge in [-0.3, -0.25) is 9.69 Å². The fourth-order valence-electron chi connectivity index (χ4n) is 1.53. The number of benzene rings is 1. The average molecular weight is 205 g/mol. The van der Waals surface area contributed by atoms with E-state index in [1.807, 2.05) is 7.05 Å². The summed E-state index contributed by atoms with van der Waals surface area (Å²) in [6, 6.07) is 8.55. The molecule has 0 unspecified atom stereocenters. The van der Waals surface area contributed by atoms with E-state index >= 15 is 0 Å². The van der Waals surface area contributed by atoms with Crippen LogP contribution < -0.4 is 0 Å². The lowest BCUT2D eigenvalue weighted by atomic mass is 10.1. The van der Waals surface area contributed by atoms with Gasteiger partial charge in [-0.2, -0.15) is 0 Å². The van der Waals surface area contributed by atoms with E-state index in [2.05, 4.69) is 36.1 Å². The van der Waals surface area contributed by atoms with Crippen LogP contribution in [0.25, 0.3) is 0 Å². The molecule has 0 spiro atoms. The smallest absolute Gasteiger partial charge is 0.143 e. The van der Waals surface area contributed by atoms with Crippen molar-refractivity contribution in [3.63, 3.8) is 0 Å². The zero-order valence-corrected chi connectivity index (χ0v) is 9.79. The quantitative estimate of drug-likeness (QED) is 0.733. The van der Waals surface area contributed by atoms with Gasteiger partial charge in [-0.25, -0.2) is 0 Å². The van der Waals surface area contributed by atoms with E-state index in [9.17, 15) is 4.79 Å². The van der Waals surface area contributed by atoms with Gasteiger partial charge in [0.15, 0.2) is 0 Å². The fraction of sp³-hybridized carbons (Fsp3) is 0.462. The Kier molecular flexibility index (Phi) is 4.50. The van der Waals surface area contributed by atoms with Crippen molar-refractivity contribution in [1.82, 2.24) is 4.90 Å². The highest BCUT2D eigenvalue weighted by Crippen LogP contribution is 2.04. The minimum absolute atomic E-state index is 0.224. The lowest BCUT2D eigenvalue weighted by Gasteiger charge is -2.14. The molecule has 0 heterocycles. The van der Waals surface area contributed by atoms with Gasteiger partial charge in [0.2, 0.25) is 0 Å². The van der Waals surface area contributed by atoms with E-state index in [1.54, 1.807) is 6.92 Å². The van der Waals surface area contributed by atoms with Gasteiger partial charge in [-0.1, -0.05) is 29.8 Å². The minimum Gasteiger partial charge on any atom is -0.299 e. The molecule has 0 aliphatic heterocycles. The van der Waals surface area contributed by atoms with Crippen LogP contribution in [0.5, 0.6) is 0 Å². The molecule has 2 nitrogen and oxygen atoms in total. The Labute approximate surface area is 91.9 Å². The molecule has 0 radical (unpaired) electrons. The number of hydrogen-bond donors (Lipinski definition) is 0. The molecule has 0 bridgehead atoms. The van der Waals surface area contributed by atoms with Gasteiger partial charge < -0.3 is 0 Å². The van der Waals surface area contributed by atoms with Crippen LogP contribution in [-0.4, -0.2) is 30.8 Å². The molecular formula is C13H19NO. The number of Topliss-reactive ketones (excluding diaryl/α,β-unsaturated/α-hetero) is 1. The SMILES string of the molecule is CC(=O)CN(C)CCc1ccc(C)cc1. The summed E-state index contributed by atoms with van der Waals surface area (Å²) in [5, 5.41) is 0. The van der Waals surface area contributed by atoms with Crippen LogP contribution in [0.2, 0.25) is 0 Å². The Morgan fingerprint density at radius 1 is 1.27 bits per heavy atom. The van der Waals surface area contributed by atoms with E-state index in [-0.39, 0.29) is 5.78 Å². The van der Waals surface area contributed by atoms with Gasteiger partial charge in [-0.15, -0.1) is 0 Å². The summed E-state index contributed by atoms with van der Waals surface area (Å²) < 4.78 is 0. The first-order chi connectivity index (χ1) is 7.08. The van der Waals surface area contributed by atoms with Crippen LogP contribution in [0, 0.1) is 6.92 Å². The van der Waals surface area contributed by atoms with Gasteiger partial charge in [-0.05, 0) is 32.9 Å². The summed E-state index contributed by atoms with van der Waals surface area (Å²) in [6.45, 7) is 5.20. The van der Waals surface area contributed by atoms with Crippen molar-refractivity contribution in [2.24, 2.45) is 0 Å². The molecule has 0 fully saturated rings. The average Bonchev–Trinajstić information content (AvgIpc) is 2.16. The van der Waals surface area contributed by atoms with Crippen molar-refractivity contribution in [1.29, 1.82) is 0 Å². The zero-order chi connectivity index (χ0) is 11.3. The third-order valence-electron chi connectivity index (χ3n) is 2.40. The van der Waals surface area contributed by atoms with Crippen molar-refractivity contribution in [3.8, 4) is 0 Å². The number of carbonyl (C=O) groups is 1. The molecule has 1 rings (SSSR count).